The highest BCUT2D eigenvalue weighted by Gasteiger charge is 2.18. The fourth-order valence-corrected chi connectivity index (χ4v) is 4.59. The molecule has 5 rings (SSSR count). The van der Waals surface area contributed by atoms with Crippen LogP contribution in [0.2, 0.25) is 0 Å². The summed E-state index contributed by atoms with van der Waals surface area (Å²) in [7, 11) is 0. The zero-order valence-electron chi connectivity index (χ0n) is 24.5. The van der Waals surface area contributed by atoms with Gasteiger partial charge in [0.15, 0.2) is 0 Å². The number of rotatable bonds is 7. The van der Waals surface area contributed by atoms with Crippen molar-refractivity contribution in [2.75, 3.05) is 56.0 Å². The Hall–Kier alpha value is -2.50. The van der Waals surface area contributed by atoms with Crippen LogP contribution < -0.4 is 15.0 Å². The van der Waals surface area contributed by atoms with Gasteiger partial charge >= 0.3 is 0 Å². The van der Waals surface area contributed by atoms with E-state index < -0.39 is 25.8 Å². The summed E-state index contributed by atoms with van der Waals surface area (Å²) in [4.78, 5) is 3.38. The molecule has 0 radical (unpaired) electrons. The van der Waals surface area contributed by atoms with Crippen LogP contribution in [0.5, 0.6) is 5.75 Å². The van der Waals surface area contributed by atoms with Gasteiger partial charge in [0.2, 0.25) is 0 Å². The van der Waals surface area contributed by atoms with Gasteiger partial charge in [0.1, 0.15) is 5.75 Å². The third kappa shape index (κ3) is 4.32. The molecule has 1 fully saturated rings. The van der Waals surface area contributed by atoms with Crippen molar-refractivity contribution in [3.05, 3.63) is 59.5 Å². The predicted octanol–water partition coefficient (Wildman–Crippen LogP) is 5.32. The average molecular weight is 428 g/mol. The quantitative estimate of drug-likeness (QED) is 0.552. The van der Waals surface area contributed by atoms with Gasteiger partial charge < -0.3 is 15.0 Å². The normalized spacial score (nSPS) is 22.3. The van der Waals surface area contributed by atoms with E-state index in [2.05, 4.69) is 10.2 Å². The standard InChI is InChI=1S/C25H29N3OS/c1(2-17-29-21-9-8-20-5-4-11-26-23(20)19-21)12-27-13-15-28(16-14-27)24-6-3-7-25-22(24)10-18-30-25/h3-10,18-19,26H,1-2,11-17H2/i1D2,2D2,12D2,17D2. The summed E-state index contributed by atoms with van der Waals surface area (Å²) in [5.74, 6) is 0.0213. The first kappa shape index (κ1) is 12.4. The molecule has 2 aliphatic rings. The van der Waals surface area contributed by atoms with Crippen molar-refractivity contribution in [2.45, 2.75) is 12.7 Å². The first-order valence-corrected chi connectivity index (χ1v) is 10.9. The molecule has 156 valence electrons. The minimum Gasteiger partial charge on any atom is -0.494 e. The van der Waals surface area contributed by atoms with Gasteiger partial charge in [0.05, 0.1) is 9.30 Å². The van der Waals surface area contributed by atoms with Gasteiger partial charge in [-0.1, -0.05) is 18.2 Å². The van der Waals surface area contributed by atoms with Gasteiger partial charge in [-0.15, -0.1) is 11.3 Å². The van der Waals surface area contributed by atoms with E-state index in [0.717, 1.165) is 21.3 Å². The van der Waals surface area contributed by atoms with Crippen LogP contribution in [-0.2, 0) is 0 Å². The molecular formula is C25H29N3OS. The number of nitrogens with one attached hydrogen (secondary N) is 1. The minimum atomic E-state index is -3.34. The van der Waals surface area contributed by atoms with Crippen LogP contribution in [0.25, 0.3) is 16.2 Å². The largest absolute Gasteiger partial charge is 0.494 e. The molecule has 0 unspecified atom stereocenters. The van der Waals surface area contributed by atoms with Gasteiger partial charge in [-0.05, 0) is 60.5 Å². The summed E-state index contributed by atoms with van der Waals surface area (Å²) >= 11 is 1.64. The number of hydrogen-bond acceptors (Lipinski definition) is 5. The molecule has 1 saturated heterocycles. The predicted molar refractivity (Wildman–Crippen MR) is 129 cm³/mol. The molecule has 0 atom stereocenters. The lowest BCUT2D eigenvalue weighted by molar-refractivity contribution is 0.239. The molecule has 3 aromatic rings. The molecular weight excluding hydrogens is 390 g/mol. The zero-order valence-corrected chi connectivity index (χ0v) is 17.3. The van der Waals surface area contributed by atoms with Crippen molar-refractivity contribution in [1.82, 2.24) is 4.90 Å². The van der Waals surface area contributed by atoms with Crippen LogP contribution in [0, 0.1) is 0 Å². The van der Waals surface area contributed by atoms with E-state index in [1.165, 1.54) is 17.0 Å². The van der Waals surface area contributed by atoms with Crippen LogP contribution >= 0.6 is 11.3 Å². The Kier molecular flexibility index (Phi) is 3.76. The Morgan fingerprint density at radius 1 is 1.07 bits per heavy atom. The molecule has 4 nitrogen and oxygen atoms in total. The van der Waals surface area contributed by atoms with E-state index in [1.807, 2.05) is 41.8 Å². The molecule has 1 aromatic heterocycles. The number of thiophene rings is 1. The number of fused-ring (bicyclic) bond motifs is 2. The summed E-state index contributed by atoms with van der Waals surface area (Å²) in [5.41, 5.74) is 2.59. The summed E-state index contributed by atoms with van der Waals surface area (Å²) in [6, 6.07) is 12.8. The smallest absolute Gasteiger partial charge is 0.121 e. The Balaban J connectivity index is 1.32. The lowest BCUT2D eigenvalue weighted by Gasteiger charge is -2.36. The van der Waals surface area contributed by atoms with Gasteiger partial charge in [-0.3, -0.25) is 4.90 Å². The first-order valence-electron chi connectivity index (χ1n) is 14.0. The minimum absolute atomic E-state index is 0.0213. The molecule has 0 bridgehead atoms. The Morgan fingerprint density at radius 2 is 2.00 bits per heavy atom. The van der Waals surface area contributed by atoms with Crippen molar-refractivity contribution in [3.8, 4) is 5.75 Å². The number of ether oxygens (including phenoxy) is 1. The number of piperazine rings is 1. The zero-order chi connectivity index (χ0) is 27.3. The van der Waals surface area contributed by atoms with Gasteiger partial charge in [0, 0.05) is 68.5 Å². The van der Waals surface area contributed by atoms with E-state index in [1.54, 1.807) is 17.4 Å². The molecule has 5 heteroatoms. The van der Waals surface area contributed by atoms with Crippen LogP contribution in [0.1, 0.15) is 29.3 Å². The summed E-state index contributed by atoms with van der Waals surface area (Å²) in [6.07, 6.45) is -2.77. The van der Waals surface area contributed by atoms with Crippen molar-refractivity contribution < 1.29 is 15.7 Å². The van der Waals surface area contributed by atoms with Crippen LogP contribution in [0.3, 0.4) is 0 Å². The second kappa shape index (κ2) is 9.11. The van der Waals surface area contributed by atoms with Crippen LogP contribution in [0.15, 0.2) is 53.9 Å². The number of hydrogen-bond donors (Lipinski definition) is 1. The number of benzene rings is 2. The van der Waals surface area contributed by atoms with Crippen LogP contribution in [0.4, 0.5) is 11.4 Å². The Bertz CT molecular complexity index is 1350. The lowest BCUT2D eigenvalue weighted by Crippen LogP contribution is -2.46. The fraction of sp³-hybridized carbons (Fsp3) is 0.360. The van der Waals surface area contributed by atoms with E-state index in [4.69, 9.17) is 15.7 Å². The highest BCUT2D eigenvalue weighted by atomic mass is 32.1. The molecule has 3 heterocycles. The summed E-state index contributed by atoms with van der Waals surface area (Å²) in [5, 5.41) is 6.25. The van der Waals surface area contributed by atoms with Gasteiger partial charge in [-0.2, -0.15) is 0 Å². The van der Waals surface area contributed by atoms with Crippen molar-refractivity contribution in [3.63, 3.8) is 0 Å². The molecule has 2 aliphatic heterocycles. The molecule has 1 N–H and O–H groups in total. The summed E-state index contributed by atoms with van der Waals surface area (Å²) < 4.78 is 74.7. The average Bonchev–Trinajstić information content (AvgIpc) is 3.37. The molecule has 2 aromatic carbocycles. The van der Waals surface area contributed by atoms with Gasteiger partial charge in [0.25, 0.3) is 0 Å². The monoisotopic (exact) mass is 427 g/mol. The SMILES string of the molecule is [2H]C([2H])(Oc1ccc2c(c1)NCC=C2)C([2H])([2H])C([2H])([2H])C([2H])([2H])N1CCN(c2cccc3sccc23)CC1. The molecule has 0 saturated carbocycles. The Morgan fingerprint density at radius 3 is 2.93 bits per heavy atom. The number of nitrogens with zero attached hydrogens (tertiary/aromatic N) is 2. The van der Waals surface area contributed by atoms with E-state index in [9.17, 15) is 0 Å². The highest BCUT2D eigenvalue weighted by molar-refractivity contribution is 7.17. The third-order valence-corrected chi connectivity index (χ3v) is 6.20. The molecule has 30 heavy (non-hydrogen) atoms. The van der Waals surface area contributed by atoms with Crippen molar-refractivity contribution in [1.29, 1.82) is 0 Å². The maximum Gasteiger partial charge on any atom is 0.121 e. The van der Waals surface area contributed by atoms with Crippen molar-refractivity contribution in [2.24, 2.45) is 0 Å². The topological polar surface area (TPSA) is 27.7 Å². The maximum atomic E-state index is 8.66. The van der Waals surface area contributed by atoms with Gasteiger partial charge in [-0.25, -0.2) is 0 Å². The second-order valence-electron chi connectivity index (χ2n) is 7.18. The third-order valence-electron chi connectivity index (χ3n) is 5.32. The van der Waals surface area contributed by atoms with E-state index in [-0.39, 0.29) is 18.8 Å². The van der Waals surface area contributed by atoms with E-state index >= 15 is 0 Å². The lowest BCUT2D eigenvalue weighted by atomic mass is 10.1. The Labute approximate surface area is 194 Å². The second-order valence-corrected chi connectivity index (χ2v) is 8.13. The molecule has 0 spiro atoms. The van der Waals surface area contributed by atoms with E-state index in [0.29, 0.717) is 25.3 Å². The fourth-order valence-electron chi connectivity index (χ4n) is 3.78. The molecule has 0 aliphatic carbocycles. The van der Waals surface area contributed by atoms with Crippen molar-refractivity contribution >= 4 is 38.9 Å². The molecule has 0 amide bonds. The summed E-state index contributed by atoms with van der Waals surface area (Å²) in [6.45, 7) is -4.24. The number of anilines is 2. The first-order chi connectivity index (χ1) is 17.8. The maximum absolute atomic E-state index is 8.66. The highest BCUT2D eigenvalue weighted by Crippen LogP contribution is 2.31. The van der Waals surface area contributed by atoms with Crippen LogP contribution in [-0.4, -0.2) is 50.7 Å².